The average Bonchev–Trinajstić information content (AvgIpc) is 2.45. The summed E-state index contributed by atoms with van der Waals surface area (Å²) in [6.45, 7) is 12.4. The Labute approximate surface area is 129 Å². The van der Waals surface area contributed by atoms with E-state index in [9.17, 15) is 0 Å². The van der Waals surface area contributed by atoms with E-state index in [4.69, 9.17) is 0 Å². The zero-order valence-electron chi connectivity index (χ0n) is 13.8. The Morgan fingerprint density at radius 3 is 2.15 bits per heavy atom. The van der Waals surface area contributed by atoms with Crippen LogP contribution in [0.2, 0.25) is 0 Å². The van der Waals surface area contributed by atoms with E-state index in [2.05, 4.69) is 64.2 Å². The second-order valence-electron chi connectivity index (χ2n) is 5.74. The predicted molar refractivity (Wildman–Crippen MR) is 92.8 cm³/mol. The van der Waals surface area contributed by atoms with Gasteiger partial charge in [0.1, 0.15) is 0 Å². The van der Waals surface area contributed by atoms with Crippen LogP contribution in [-0.2, 0) is 0 Å². The predicted octanol–water partition coefficient (Wildman–Crippen LogP) is 5.46. The van der Waals surface area contributed by atoms with E-state index in [-0.39, 0.29) is 0 Å². The molecule has 2 unspecified atom stereocenters. The second kappa shape index (κ2) is 9.46. The van der Waals surface area contributed by atoms with Crippen molar-refractivity contribution in [2.24, 2.45) is 0 Å². The zero-order chi connectivity index (χ0) is 15.0. The zero-order valence-corrected chi connectivity index (χ0v) is 14.6. The van der Waals surface area contributed by atoms with E-state index in [1.54, 1.807) is 0 Å². The van der Waals surface area contributed by atoms with Gasteiger partial charge in [-0.25, -0.2) is 0 Å². The number of benzene rings is 1. The summed E-state index contributed by atoms with van der Waals surface area (Å²) in [5.41, 5.74) is 1.43. The van der Waals surface area contributed by atoms with Gasteiger partial charge in [-0.2, -0.15) is 0 Å². The summed E-state index contributed by atoms with van der Waals surface area (Å²) in [5.74, 6) is 0.616. The van der Waals surface area contributed by atoms with Crippen molar-refractivity contribution in [2.75, 3.05) is 6.54 Å². The Balaban J connectivity index is 2.70. The van der Waals surface area contributed by atoms with Crippen LogP contribution >= 0.6 is 11.8 Å². The summed E-state index contributed by atoms with van der Waals surface area (Å²) in [6, 6.07) is 9.77. The van der Waals surface area contributed by atoms with Crippen molar-refractivity contribution < 1.29 is 0 Å². The quantitative estimate of drug-likeness (QED) is 0.607. The van der Waals surface area contributed by atoms with Crippen molar-refractivity contribution in [2.45, 2.75) is 76.0 Å². The number of rotatable bonds is 9. The van der Waals surface area contributed by atoms with Crippen LogP contribution in [0.25, 0.3) is 0 Å². The number of thioether (sulfide) groups is 1. The largest absolute Gasteiger partial charge is 0.313 e. The van der Waals surface area contributed by atoms with Crippen LogP contribution in [0.1, 0.15) is 65.4 Å². The molecule has 0 bridgehead atoms. The third-order valence-corrected chi connectivity index (χ3v) is 5.26. The summed E-state index contributed by atoms with van der Waals surface area (Å²) in [6.07, 6.45) is 3.73. The molecule has 0 amide bonds. The molecule has 1 aromatic carbocycles. The van der Waals surface area contributed by atoms with Crippen LogP contribution in [0.4, 0.5) is 0 Å². The normalized spacial score (nSPS) is 14.5. The SMILES string of the molecule is CCCC(NCC)C(CC)Sc1ccc(C(C)C)cc1. The molecular weight excluding hydrogens is 262 g/mol. The highest BCUT2D eigenvalue weighted by atomic mass is 32.2. The maximum absolute atomic E-state index is 3.66. The molecule has 0 spiro atoms. The molecule has 0 aromatic heterocycles. The van der Waals surface area contributed by atoms with Gasteiger partial charge in [-0.15, -0.1) is 11.8 Å². The summed E-state index contributed by atoms with van der Waals surface area (Å²) < 4.78 is 0. The first-order valence-corrected chi connectivity index (χ1v) is 9.00. The molecule has 0 fully saturated rings. The van der Waals surface area contributed by atoms with Crippen LogP contribution in [0, 0.1) is 0 Å². The van der Waals surface area contributed by atoms with E-state index in [0.29, 0.717) is 17.2 Å². The number of hydrogen-bond acceptors (Lipinski definition) is 2. The molecule has 0 aliphatic heterocycles. The minimum Gasteiger partial charge on any atom is -0.313 e. The summed E-state index contributed by atoms with van der Waals surface area (Å²) in [4.78, 5) is 1.40. The van der Waals surface area contributed by atoms with Gasteiger partial charge in [0.25, 0.3) is 0 Å². The van der Waals surface area contributed by atoms with Crippen molar-refractivity contribution in [3.8, 4) is 0 Å². The van der Waals surface area contributed by atoms with Crippen LogP contribution in [0.3, 0.4) is 0 Å². The Hall–Kier alpha value is -0.470. The van der Waals surface area contributed by atoms with Crippen LogP contribution in [0.15, 0.2) is 29.2 Å². The first kappa shape index (κ1) is 17.6. The van der Waals surface area contributed by atoms with Crippen molar-refractivity contribution in [3.05, 3.63) is 29.8 Å². The van der Waals surface area contributed by atoms with Crippen molar-refractivity contribution in [1.29, 1.82) is 0 Å². The molecule has 2 atom stereocenters. The van der Waals surface area contributed by atoms with Crippen LogP contribution in [0.5, 0.6) is 0 Å². The van der Waals surface area contributed by atoms with Gasteiger partial charge in [-0.05, 0) is 43.0 Å². The van der Waals surface area contributed by atoms with Crippen molar-refractivity contribution in [3.63, 3.8) is 0 Å². The topological polar surface area (TPSA) is 12.0 Å². The fourth-order valence-electron chi connectivity index (χ4n) is 2.55. The maximum Gasteiger partial charge on any atom is 0.0245 e. The molecule has 0 aliphatic carbocycles. The molecule has 0 saturated heterocycles. The van der Waals surface area contributed by atoms with Gasteiger partial charge >= 0.3 is 0 Å². The third kappa shape index (κ3) is 5.49. The van der Waals surface area contributed by atoms with Gasteiger partial charge in [-0.1, -0.05) is 53.2 Å². The summed E-state index contributed by atoms with van der Waals surface area (Å²) >= 11 is 2.03. The molecule has 0 saturated carbocycles. The average molecular weight is 294 g/mol. The van der Waals surface area contributed by atoms with Gasteiger partial charge in [0.05, 0.1) is 0 Å². The highest BCUT2D eigenvalue weighted by Gasteiger charge is 2.19. The first-order chi connectivity index (χ1) is 9.62. The minimum absolute atomic E-state index is 0.616. The van der Waals surface area contributed by atoms with Gasteiger partial charge in [0, 0.05) is 16.2 Å². The van der Waals surface area contributed by atoms with E-state index < -0.39 is 0 Å². The first-order valence-electron chi connectivity index (χ1n) is 8.12. The number of nitrogens with one attached hydrogen (secondary N) is 1. The monoisotopic (exact) mass is 293 g/mol. The molecule has 1 rings (SSSR count). The van der Waals surface area contributed by atoms with E-state index in [1.807, 2.05) is 11.8 Å². The van der Waals surface area contributed by atoms with E-state index in [0.717, 1.165) is 6.54 Å². The van der Waals surface area contributed by atoms with Gasteiger partial charge in [-0.3, -0.25) is 0 Å². The highest BCUT2D eigenvalue weighted by Crippen LogP contribution is 2.30. The van der Waals surface area contributed by atoms with Gasteiger partial charge < -0.3 is 5.32 Å². The molecule has 0 aliphatic rings. The lowest BCUT2D eigenvalue weighted by Crippen LogP contribution is -2.37. The van der Waals surface area contributed by atoms with Gasteiger partial charge in [0.2, 0.25) is 0 Å². The standard InChI is InChI=1S/C18H31NS/c1-6-9-17(19-8-3)18(7-2)20-16-12-10-15(11-13-16)14(4)5/h10-14,17-19H,6-9H2,1-5H3. The molecule has 1 aromatic rings. The minimum atomic E-state index is 0.616. The Morgan fingerprint density at radius 2 is 1.70 bits per heavy atom. The lowest BCUT2D eigenvalue weighted by Gasteiger charge is -2.26. The smallest absolute Gasteiger partial charge is 0.0245 e. The summed E-state index contributed by atoms with van der Waals surface area (Å²) in [5, 5.41) is 4.33. The molecule has 1 N–H and O–H groups in total. The van der Waals surface area contributed by atoms with Crippen molar-refractivity contribution >= 4 is 11.8 Å². The molecule has 0 radical (unpaired) electrons. The highest BCUT2D eigenvalue weighted by molar-refractivity contribution is 8.00. The molecular formula is C18H31NS. The van der Waals surface area contributed by atoms with Crippen LogP contribution in [-0.4, -0.2) is 17.8 Å². The fourth-order valence-corrected chi connectivity index (χ4v) is 3.75. The molecule has 20 heavy (non-hydrogen) atoms. The fraction of sp³-hybridized carbons (Fsp3) is 0.667. The Morgan fingerprint density at radius 1 is 1.05 bits per heavy atom. The molecule has 0 heterocycles. The van der Waals surface area contributed by atoms with Crippen LogP contribution < -0.4 is 5.32 Å². The molecule has 1 nitrogen and oxygen atoms in total. The molecule has 114 valence electrons. The lowest BCUT2D eigenvalue weighted by atomic mass is 10.0. The van der Waals surface area contributed by atoms with E-state index in [1.165, 1.54) is 29.7 Å². The second-order valence-corrected chi connectivity index (χ2v) is 7.05. The molecule has 2 heteroatoms. The summed E-state index contributed by atoms with van der Waals surface area (Å²) in [7, 11) is 0. The van der Waals surface area contributed by atoms with Gasteiger partial charge in [0.15, 0.2) is 0 Å². The lowest BCUT2D eigenvalue weighted by molar-refractivity contribution is 0.465. The van der Waals surface area contributed by atoms with Crippen molar-refractivity contribution in [1.82, 2.24) is 5.32 Å². The Kier molecular flexibility index (Phi) is 8.32. The van der Waals surface area contributed by atoms with E-state index >= 15 is 0 Å². The Bertz CT molecular complexity index is 352. The number of hydrogen-bond donors (Lipinski definition) is 1. The maximum atomic E-state index is 3.66. The third-order valence-electron chi connectivity index (χ3n) is 3.75.